The highest BCUT2D eigenvalue weighted by atomic mass is 16.5. The minimum Gasteiger partial charge on any atom is -0.449 e. The summed E-state index contributed by atoms with van der Waals surface area (Å²) in [4.78, 5) is 24.1. The molecule has 1 N–H and O–H groups in total. The predicted octanol–water partition coefficient (Wildman–Crippen LogP) is 1.14. The van der Waals surface area contributed by atoms with Crippen molar-refractivity contribution in [3.05, 3.63) is 47.9 Å². The molecule has 1 aromatic carbocycles. The number of rotatable bonds is 5. The molecule has 0 aliphatic rings. The Hall–Kier alpha value is -3.56. The van der Waals surface area contributed by atoms with Gasteiger partial charge in [0.1, 0.15) is 6.33 Å². The number of ether oxygens (including phenoxy) is 1. The Morgan fingerprint density at radius 1 is 1.28 bits per heavy atom. The van der Waals surface area contributed by atoms with Crippen LogP contribution < -0.4 is 5.32 Å². The van der Waals surface area contributed by atoms with Crippen LogP contribution in [0.5, 0.6) is 0 Å². The van der Waals surface area contributed by atoms with E-state index < -0.39 is 18.0 Å². The molecule has 10 nitrogen and oxygen atoms in total. The standard InChI is InChI=1S/C15H14N6O4/c1-9-7-13(25-18-9)17-14(22)10(2)24-15(23)11-3-5-12(6-4-11)21-8-16-19-20-21/h3-8,10H,1-2H3,(H,17,22). The number of tetrazole rings is 1. The number of esters is 1. The van der Waals surface area contributed by atoms with Crippen LogP contribution in [-0.2, 0) is 9.53 Å². The molecule has 0 saturated heterocycles. The lowest BCUT2D eigenvalue weighted by Crippen LogP contribution is -2.29. The number of carbonyl (C=O) groups excluding carboxylic acids is 2. The summed E-state index contributed by atoms with van der Waals surface area (Å²) in [7, 11) is 0. The van der Waals surface area contributed by atoms with Gasteiger partial charge >= 0.3 is 5.97 Å². The molecule has 3 aromatic rings. The van der Waals surface area contributed by atoms with E-state index in [0.29, 0.717) is 16.9 Å². The van der Waals surface area contributed by atoms with Crippen LogP contribution in [0.15, 0.2) is 41.2 Å². The van der Waals surface area contributed by atoms with Gasteiger partial charge in [0.25, 0.3) is 5.91 Å². The Morgan fingerprint density at radius 2 is 2.04 bits per heavy atom. The molecular weight excluding hydrogens is 328 g/mol. The lowest BCUT2D eigenvalue weighted by atomic mass is 10.2. The number of hydrogen-bond donors (Lipinski definition) is 1. The molecule has 0 saturated carbocycles. The summed E-state index contributed by atoms with van der Waals surface area (Å²) in [6, 6.07) is 8.00. The topological polar surface area (TPSA) is 125 Å². The number of hydrogen-bond acceptors (Lipinski definition) is 8. The summed E-state index contributed by atoms with van der Waals surface area (Å²) in [6.45, 7) is 3.19. The number of aromatic nitrogens is 5. The number of carbonyl (C=O) groups is 2. The molecule has 0 fully saturated rings. The Bertz CT molecular complexity index is 872. The van der Waals surface area contributed by atoms with Crippen LogP contribution in [0.25, 0.3) is 5.69 Å². The van der Waals surface area contributed by atoms with Crippen LogP contribution >= 0.6 is 0 Å². The van der Waals surface area contributed by atoms with E-state index in [9.17, 15) is 9.59 Å². The number of aryl methyl sites for hydroxylation is 1. The minimum absolute atomic E-state index is 0.191. The van der Waals surface area contributed by atoms with Crippen molar-refractivity contribution < 1.29 is 18.8 Å². The van der Waals surface area contributed by atoms with Crippen molar-refractivity contribution in [2.75, 3.05) is 5.32 Å². The van der Waals surface area contributed by atoms with Gasteiger partial charge in [0.15, 0.2) is 6.10 Å². The molecule has 0 aliphatic carbocycles. The molecule has 10 heteroatoms. The van der Waals surface area contributed by atoms with Crippen molar-refractivity contribution in [3.63, 3.8) is 0 Å². The Labute approximate surface area is 141 Å². The van der Waals surface area contributed by atoms with E-state index >= 15 is 0 Å². The van der Waals surface area contributed by atoms with Crippen LogP contribution in [0.1, 0.15) is 23.0 Å². The van der Waals surface area contributed by atoms with E-state index in [1.807, 2.05) is 0 Å². The first kappa shape index (κ1) is 16.3. The first-order chi connectivity index (χ1) is 12.0. The van der Waals surface area contributed by atoms with Gasteiger partial charge in [0.05, 0.1) is 16.9 Å². The molecule has 2 heterocycles. The van der Waals surface area contributed by atoms with Crippen LogP contribution in [0, 0.1) is 6.92 Å². The van der Waals surface area contributed by atoms with E-state index in [1.54, 1.807) is 37.3 Å². The fourth-order valence-electron chi connectivity index (χ4n) is 1.96. The van der Waals surface area contributed by atoms with Gasteiger partial charge < -0.3 is 9.26 Å². The van der Waals surface area contributed by atoms with Crippen molar-refractivity contribution in [1.29, 1.82) is 0 Å². The van der Waals surface area contributed by atoms with Crippen molar-refractivity contribution in [1.82, 2.24) is 25.4 Å². The average molecular weight is 342 g/mol. The number of nitrogens with zero attached hydrogens (tertiary/aromatic N) is 5. The summed E-state index contributed by atoms with van der Waals surface area (Å²) in [5, 5.41) is 16.9. The second-order valence-electron chi connectivity index (χ2n) is 5.17. The maximum absolute atomic E-state index is 12.1. The van der Waals surface area contributed by atoms with Crippen LogP contribution in [0.3, 0.4) is 0 Å². The zero-order valence-electron chi connectivity index (χ0n) is 13.4. The fourth-order valence-corrected chi connectivity index (χ4v) is 1.96. The van der Waals surface area contributed by atoms with E-state index in [0.717, 1.165) is 0 Å². The van der Waals surface area contributed by atoms with Crippen molar-refractivity contribution in [2.24, 2.45) is 0 Å². The molecule has 0 aliphatic heterocycles. The molecule has 2 aromatic heterocycles. The van der Waals surface area contributed by atoms with Crippen molar-refractivity contribution >= 4 is 17.8 Å². The van der Waals surface area contributed by atoms with Gasteiger partial charge in [-0.3, -0.25) is 10.1 Å². The third-order valence-electron chi connectivity index (χ3n) is 3.24. The summed E-state index contributed by atoms with van der Waals surface area (Å²) in [6.07, 6.45) is 0.433. The monoisotopic (exact) mass is 342 g/mol. The quantitative estimate of drug-likeness (QED) is 0.684. The van der Waals surface area contributed by atoms with E-state index in [4.69, 9.17) is 9.26 Å². The van der Waals surface area contributed by atoms with Gasteiger partial charge in [-0.1, -0.05) is 5.16 Å². The predicted molar refractivity (Wildman–Crippen MR) is 83.9 cm³/mol. The molecule has 128 valence electrons. The second-order valence-corrected chi connectivity index (χ2v) is 5.17. The molecule has 0 radical (unpaired) electrons. The van der Waals surface area contributed by atoms with Gasteiger partial charge in [-0.15, -0.1) is 5.10 Å². The smallest absolute Gasteiger partial charge is 0.338 e. The largest absolute Gasteiger partial charge is 0.449 e. The summed E-state index contributed by atoms with van der Waals surface area (Å²) in [5.41, 5.74) is 1.61. The Kier molecular flexibility index (Phi) is 4.50. The molecular formula is C15H14N6O4. The number of benzene rings is 1. The number of amides is 1. The number of anilines is 1. The highest BCUT2D eigenvalue weighted by Gasteiger charge is 2.20. The normalized spacial score (nSPS) is 11.8. The van der Waals surface area contributed by atoms with Crippen molar-refractivity contribution in [3.8, 4) is 5.69 Å². The third-order valence-corrected chi connectivity index (χ3v) is 3.24. The minimum atomic E-state index is -1.00. The third kappa shape index (κ3) is 3.86. The van der Waals surface area contributed by atoms with Crippen LogP contribution in [0.4, 0.5) is 5.88 Å². The molecule has 0 bridgehead atoms. The zero-order chi connectivity index (χ0) is 17.8. The highest BCUT2D eigenvalue weighted by Crippen LogP contribution is 2.12. The lowest BCUT2D eigenvalue weighted by Gasteiger charge is -2.12. The van der Waals surface area contributed by atoms with E-state index in [-0.39, 0.29) is 5.88 Å². The summed E-state index contributed by atoms with van der Waals surface area (Å²) < 4.78 is 11.5. The van der Waals surface area contributed by atoms with E-state index in [1.165, 1.54) is 17.9 Å². The van der Waals surface area contributed by atoms with Gasteiger partial charge in [0, 0.05) is 6.07 Å². The van der Waals surface area contributed by atoms with Gasteiger partial charge in [0.2, 0.25) is 5.88 Å². The first-order valence-corrected chi connectivity index (χ1v) is 7.31. The average Bonchev–Trinajstić information content (AvgIpc) is 3.27. The van der Waals surface area contributed by atoms with Gasteiger partial charge in [-0.05, 0) is 48.5 Å². The maximum atomic E-state index is 12.1. The molecule has 1 amide bonds. The Balaban J connectivity index is 1.60. The van der Waals surface area contributed by atoms with E-state index in [2.05, 4.69) is 26.0 Å². The number of nitrogens with one attached hydrogen (secondary N) is 1. The van der Waals surface area contributed by atoms with Crippen LogP contribution in [-0.4, -0.2) is 43.3 Å². The van der Waals surface area contributed by atoms with Gasteiger partial charge in [-0.25, -0.2) is 9.48 Å². The first-order valence-electron chi connectivity index (χ1n) is 7.31. The SMILES string of the molecule is Cc1cc(NC(=O)C(C)OC(=O)c2ccc(-n3cnnn3)cc2)on1. The highest BCUT2D eigenvalue weighted by molar-refractivity contribution is 5.96. The lowest BCUT2D eigenvalue weighted by molar-refractivity contribution is -0.123. The fraction of sp³-hybridized carbons (Fsp3) is 0.200. The summed E-state index contributed by atoms with van der Waals surface area (Å²) in [5.74, 6) is -0.953. The molecule has 25 heavy (non-hydrogen) atoms. The maximum Gasteiger partial charge on any atom is 0.338 e. The van der Waals surface area contributed by atoms with Gasteiger partial charge in [-0.2, -0.15) is 0 Å². The molecule has 1 unspecified atom stereocenters. The van der Waals surface area contributed by atoms with Crippen LogP contribution in [0.2, 0.25) is 0 Å². The molecule has 3 rings (SSSR count). The van der Waals surface area contributed by atoms with Crippen molar-refractivity contribution in [2.45, 2.75) is 20.0 Å². The molecule has 1 atom stereocenters. The molecule has 0 spiro atoms. The Morgan fingerprint density at radius 3 is 2.64 bits per heavy atom. The second kappa shape index (κ2) is 6.91. The summed E-state index contributed by atoms with van der Waals surface area (Å²) >= 11 is 0. The zero-order valence-corrected chi connectivity index (χ0v) is 13.4.